The highest BCUT2D eigenvalue weighted by molar-refractivity contribution is 6.34. The van der Waals surface area contributed by atoms with Gasteiger partial charge in [-0.15, -0.1) is 0 Å². The minimum atomic E-state index is -0.254. The van der Waals surface area contributed by atoms with E-state index in [9.17, 15) is 9.59 Å². The Morgan fingerprint density at radius 1 is 0.893 bits per heavy atom. The number of aryl methyl sites for hydroxylation is 1. The quantitative estimate of drug-likeness (QED) is 0.721. The molecule has 1 aliphatic heterocycles. The van der Waals surface area contributed by atoms with Crippen molar-refractivity contribution in [1.29, 1.82) is 0 Å². The summed E-state index contributed by atoms with van der Waals surface area (Å²) in [6.45, 7) is 1.87. The number of carbonyl (C=O) groups is 2. The third-order valence-electron chi connectivity index (χ3n) is 7.64. The largest absolute Gasteiger partial charge is 0.268 e. The average Bonchev–Trinajstić information content (AvgIpc) is 2.91. The van der Waals surface area contributed by atoms with E-state index in [0.717, 1.165) is 23.4 Å². The molecule has 4 aliphatic carbocycles. The molecule has 4 saturated carbocycles. The Labute approximate surface area is 165 Å². The van der Waals surface area contributed by atoms with Crippen LogP contribution in [0.5, 0.6) is 0 Å². The summed E-state index contributed by atoms with van der Waals surface area (Å²) in [5.41, 5.74) is 3.37. The molecule has 4 heteroatoms. The fraction of sp³-hybridized carbons (Fsp3) is 0.458. The van der Waals surface area contributed by atoms with E-state index in [-0.39, 0.29) is 17.2 Å². The van der Waals surface area contributed by atoms with Crippen LogP contribution >= 0.6 is 0 Å². The molecule has 28 heavy (non-hydrogen) atoms. The molecule has 1 aromatic heterocycles. The predicted molar refractivity (Wildman–Crippen MR) is 106 cm³/mol. The average molecular weight is 372 g/mol. The SMILES string of the molecule is Cc1cccc(N2C(=O)c3ccc(C45CC6CC(CC(C6)C4)C5)cc3C2=O)n1. The van der Waals surface area contributed by atoms with Crippen molar-refractivity contribution >= 4 is 17.6 Å². The molecule has 2 heterocycles. The van der Waals surface area contributed by atoms with Gasteiger partial charge in [0.05, 0.1) is 11.1 Å². The summed E-state index contributed by atoms with van der Waals surface area (Å²) in [6.07, 6.45) is 7.95. The molecule has 1 aromatic carbocycles. The van der Waals surface area contributed by atoms with Crippen LogP contribution in [0.15, 0.2) is 36.4 Å². The summed E-state index contributed by atoms with van der Waals surface area (Å²) in [6, 6.07) is 11.5. The number of carbonyl (C=O) groups excluding carboxylic acids is 2. The van der Waals surface area contributed by atoms with Crippen molar-refractivity contribution in [3.05, 3.63) is 58.8 Å². The summed E-state index contributed by atoms with van der Waals surface area (Å²) >= 11 is 0. The molecular formula is C24H24N2O2. The Morgan fingerprint density at radius 3 is 2.18 bits per heavy atom. The number of fused-ring (bicyclic) bond motifs is 1. The Balaban J connectivity index is 1.40. The third-order valence-corrected chi connectivity index (χ3v) is 7.64. The first-order chi connectivity index (χ1) is 13.5. The lowest BCUT2D eigenvalue weighted by molar-refractivity contribution is -0.00520. The first-order valence-electron chi connectivity index (χ1n) is 10.5. The monoisotopic (exact) mass is 372 g/mol. The highest BCUT2D eigenvalue weighted by Gasteiger charge is 2.52. The molecule has 142 valence electrons. The number of hydrogen-bond donors (Lipinski definition) is 0. The molecule has 0 spiro atoms. The van der Waals surface area contributed by atoms with Gasteiger partial charge in [-0.05, 0) is 98.4 Å². The molecular weight excluding hydrogens is 348 g/mol. The highest BCUT2D eigenvalue weighted by atomic mass is 16.2. The zero-order chi connectivity index (χ0) is 19.0. The number of amides is 2. The number of pyridine rings is 1. The van der Waals surface area contributed by atoms with E-state index in [1.807, 2.05) is 31.2 Å². The molecule has 4 bridgehead atoms. The summed E-state index contributed by atoms with van der Waals surface area (Å²) in [4.78, 5) is 31.7. The number of benzene rings is 1. The predicted octanol–water partition coefficient (Wildman–Crippen LogP) is 4.66. The fourth-order valence-corrected chi connectivity index (χ4v) is 6.90. The second-order valence-electron chi connectivity index (χ2n) is 9.54. The van der Waals surface area contributed by atoms with Gasteiger partial charge < -0.3 is 0 Å². The van der Waals surface area contributed by atoms with Gasteiger partial charge in [-0.25, -0.2) is 9.88 Å². The van der Waals surface area contributed by atoms with Gasteiger partial charge in [-0.2, -0.15) is 0 Å². The van der Waals surface area contributed by atoms with Crippen molar-refractivity contribution < 1.29 is 9.59 Å². The zero-order valence-electron chi connectivity index (χ0n) is 16.1. The lowest BCUT2D eigenvalue weighted by Gasteiger charge is -2.57. The van der Waals surface area contributed by atoms with Crippen molar-refractivity contribution in [2.45, 2.75) is 50.9 Å². The Bertz CT molecular complexity index is 990. The van der Waals surface area contributed by atoms with E-state index in [2.05, 4.69) is 11.1 Å². The van der Waals surface area contributed by atoms with Gasteiger partial charge in [-0.1, -0.05) is 12.1 Å². The fourth-order valence-electron chi connectivity index (χ4n) is 6.90. The summed E-state index contributed by atoms with van der Waals surface area (Å²) < 4.78 is 0. The maximum absolute atomic E-state index is 13.2. The molecule has 2 aromatic rings. The molecule has 4 nitrogen and oxygen atoms in total. The summed E-state index contributed by atoms with van der Waals surface area (Å²) in [5, 5.41) is 0. The molecule has 5 aliphatic rings. The Kier molecular flexibility index (Phi) is 3.25. The number of aromatic nitrogens is 1. The van der Waals surface area contributed by atoms with Crippen LogP contribution in [0, 0.1) is 24.7 Å². The second kappa shape index (κ2) is 5.53. The minimum absolute atomic E-state index is 0.224. The smallest absolute Gasteiger partial charge is 0.267 e. The molecule has 7 rings (SSSR count). The minimum Gasteiger partial charge on any atom is -0.268 e. The van der Waals surface area contributed by atoms with Crippen LogP contribution in [0.3, 0.4) is 0 Å². The topological polar surface area (TPSA) is 50.3 Å². The van der Waals surface area contributed by atoms with Crippen LogP contribution in [0.4, 0.5) is 5.82 Å². The van der Waals surface area contributed by atoms with Gasteiger partial charge in [0, 0.05) is 5.69 Å². The van der Waals surface area contributed by atoms with Crippen molar-refractivity contribution in [3.63, 3.8) is 0 Å². The van der Waals surface area contributed by atoms with Gasteiger partial charge >= 0.3 is 0 Å². The van der Waals surface area contributed by atoms with E-state index in [1.165, 1.54) is 49.0 Å². The molecule has 0 radical (unpaired) electrons. The normalized spacial score (nSPS) is 32.9. The number of rotatable bonds is 2. The van der Waals surface area contributed by atoms with Gasteiger partial charge in [0.1, 0.15) is 5.82 Å². The van der Waals surface area contributed by atoms with E-state index in [0.29, 0.717) is 16.9 Å². The lowest BCUT2D eigenvalue weighted by Crippen LogP contribution is -2.48. The molecule has 0 saturated heterocycles. The van der Waals surface area contributed by atoms with Crippen LogP contribution in [0.2, 0.25) is 0 Å². The van der Waals surface area contributed by atoms with Crippen molar-refractivity contribution in [2.75, 3.05) is 4.90 Å². The third kappa shape index (κ3) is 2.20. The van der Waals surface area contributed by atoms with E-state index in [1.54, 1.807) is 6.07 Å². The van der Waals surface area contributed by atoms with Crippen LogP contribution in [0.1, 0.15) is 70.5 Å². The van der Waals surface area contributed by atoms with Gasteiger partial charge in [0.2, 0.25) is 0 Å². The first-order valence-corrected chi connectivity index (χ1v) is 10.5. The standard InChI is InChI=1S/C24H24N2O2/c1-14-3-2-4-21(25-14)26-22(27)19-6-5-18(10-20(19)23(26)28)24-11-15-7-16(12-24)9-17(8-15)13-24/h2-6,10,15-17H,7-9,11-13H2,1H3. The van der Waals surface area contributed by atoms with E-state index >= 15 is 0 Å². The van der Waals surface area contributed by atoms with Crippen molar-refractivity contribution in [1.82, 2.24) is 4.98 Å². The van der Waals surface area contributed by atoms with Crippen LogP contribution in [-0.2, 0) is 5.41 Å². The van der Waals surface area contributed by atoms with Gasteiger partial charge in [-0.3, -0.25) is 9.59 Å². The molecule has 0 atom stereocenters. The van der Waals surface area contributed by atoms with Gasteiger partial charge in [0.25, 0.3) is 11.8 Å². The maximum atomic E-state index is 13.2. The highest BCUT2D eigenvalue weighted by Crippen LogP contribution is 2.60. The Morgan fingerprint density at radius 2 is 1.54 bits per heavy atom. The van der Waals surface area contributed by atoms with Crippen LogP contribution < -0.4 is 4.90 Å². The second-order valence-corrected chi connectivity index (χ2v) is 9.54. The molecule has 4 fully saturated rings. The van der Waals surface area contributed by atoms with Crippen molar-refractivity contribution in [3.8, 4) is 0 Å². The van der Waals surface area contributed by atoms with Gasteiger partial charge in [0.15, 0.2) is 0 Å². The summed E-state index contributed by atoms with van der Waals surface area (Å²) in [7, 11) is 0. The summed E-state index contributed by atoms with van der Waals surface area (Å²) in [5.74, 6) is 2.49. The lowest BCUT2D eigenvalue weighted by atomic mass is 9.48. The zero-order valence-corrected chi connectivity index (χ0v) is 16.1. The Hall–Kier alpha value is -2.49. The number of imide groups is 1. The molecule has 0 unspecified atom stereocenters. The van der Waals surface area contributed by atoms with Crippen LogP contribution in [-0.4, -0.2) is 16.8 Å². The van der Waals surface area contributed by atoms with Crippen LogP contribution in [0.25, 0.3) is 0 Å². The van der Waals surface area contributed by atoms with Crippen molar-refractivity contribution in [2.24, 2.45) is 17.8 Å². The number of nitrogens with zero attached hydrogens (tertiary/aromatic N) is 2. The number of hydrogen-bond acceptors (Lipinski definition) is 3. The maximum Gasteiger partial charge on any atom is 0.267 e. The van der Waals surface area contributed by atoms with E-state index < -0.39 is 0 Å². The number of anilines is 1. The molecule has 0 N–H and O–H groups in total. The molecule has 2 amide bonds. The first kappa shape index (κ1) is 16.5. The van der Waals surface area contributed by atoms with E-state index in [4.69, 9.17) is 0 Å².